The normalized spacial score (nSPS) is 19.7. The highest BCUT2D eigenvalue weighted by atomic mass is 15.3. The number of fused-ring (bicyclic) bond motifs is 4. The van der Waals surface area contributed by atoms with Gasteiger partial charge < -0.3 is 9.80 Å². The number of hydrogen-bond donors (Lipinski definition) is 0. The number of nitrogens with zero attached hydrogens (tertiary/aromatic N) is 2. The van der Waals surface area contributed by atoms with E-state index in [4.69, 9.17) is 0 Å². The number of aryl methyl sites for hydroxylation is 4. The molecule has 0 amide bonds. The average Bonchev–Trinajstić information content (AvgIpc) is 3.44. The molecule has 2 nitrogen and oxygen atoms in total. The summed E-state index contributed by atoms with van der Waals surface area (Å²) in [4.78, 5) is 5.06. The van der Waals surface area contributed by atoms with E-state index < -0.39 is 0 Å². The highest BCUT2D eigenvalue weighted by Gasteiger charge is 2.29. The van der Waals surface area contributed by atoms with E-state index >= 15 is 0 Å². The molecular formula is C21H22N2. The van der Waals surface area contributed by atoms with Crippen molar-refractivity contribution in [2.24, 2.45) is 0 Å². The topological polar surface area (TPSA) is 6.02 Å². The van der Waals surface area contributed by atoms with Crippen LogP contribution in [0.25, 0.3) is 0 Å². The average molecular weight is 302 g/mol. The molecule has 23 heavy (non-hydrogen) atoms. The van der Waals surface area contributed by atoms with Gasteiger partial charge in [-0.25, -0.2) is 0 Å². The van der Waals surface area contributed by atoms with E-state index in [1.807, 2.05) is 0 Å². The molecule has 2 heteroatoms. The molecule has 4 aliphatic rings. The zero-order valence-corrected chi connectivity index (χ0v) is 13.6. The molecule has 0 radical (unpaired) electrons. The quantitative estimate of drug-likeness (QED) is 0.800. The van der Waals surface area contributed by atoms with Gasteiger partial charge in [-0.05, 0) is 65.5 Å². The number of anilines is 2. The van der Waals surface area contributed by atoms with Gasteiger partial charge in [0.1, 0.15) is 0 Å². The second kappa shape index (κ2) is 4.31. The van der Waals surface area contributed by atoms with E-state index in [-0.39, 0.29) is 0 Å². The SMILES string of the molecule is c1c(Cc2cc3c(N4CC4)c(c2)CC3)cc2c(N3CC3)c1CC2. The van der Waals surface area contributed by atoms with E-state index in [2.05, 4.69) is 34.1 Å². The zero-order chi connectivity index (χ0) is 15.0. The number of rotatable bonds is 4. The fourth-order valence-electron chi connectivity index (χ4n) is 4.76. The summed E-state index contributed by atoms with van der Waals surface area (Å²) in [5.74, 6) is 0. The molecule has 2 aliphatic heterocycles. The van der Waals surface area contributed by atoms with Gasteiger partial charge >= 0.3 is 0 Å². The van der Waals surface area contributed by atoms with Crippen molar-refractivity contribution in [2.45, 2.75) is 32.1 Å². The number of benzene rings is 2. The first-order chi connectivity index (χ1) is 11.3. The molecule has 4 bridgehead atoms. The van der Waals surface area contributed by atoms with Crippen molar-refractivity contribution in [1.82, 2.24) is 0 Å². The van der Waals surface area contributed by atoms with Crippen molar-refractivity contribution >= 4 is 11.4 Å². The molecule has 2 fully saturated rings. The van der Waals surface area contributed by atoms with Crippen LogP contribution >= 0.6 is 0 Å². The molecule has 0 saturated carbocycles. The zero-order valence-electron chi connectivity index (χ0n) is 13.6. The second-order valence-corrected chi connectivity index (χ2v) is 7.68. The fraction of sp³-hybridized carbons (Fsp3) is 0.429. The lowest BCUT2D eigenvalue weighted by molar-refractivity contribution is 1.03. The molecule has 2 aromatic carbocycles. The molecule has 2 aromatic rings. The Morgan fingerprint density at radius 1 is 0.565 bits per heavy atom. The van der Waals surface area contributed by atoms with E-state index in [1.165, 1.54) is 63.0 Å². The van der Waals surface area contributed by atoms with Gasteiger partial charge in [-0.2, -0.15) is 0 Å². The largest absolute Gasteiger partial charge is 0.368 e. The van der Waals surface area contributed by atoms with Crippen molar-refractivity contribution in [3.63, 3.8) is 0 Å². The first-order valence-electron chi connectivity index (χ1n) is 9.14. The van der Waals surface area contributed by atoms with Crippen molar-refractivity contribution in [2.75, 3.05) is 36.0 Å². The van der Waals surface area contributed by atoms with E-state index in [9.17, 15) is 0 Å². The summed E-state index contributed by atoms with van der Waals surface area (Å²) in [6.07, 6.45) is 6.13. The van der Waals surface area contributed by atoms with Crippen LogP contribution in [0.4, 0.5) is 11.4 Å². The van der Waals surface area contributed by atoms with Crippen LogP contribution in [0.5, 0.6) is 0 Å². The molecule has 0 spiro atoms. The summed E-state index contributed by atoms with van der Waals surface area (Å²) in [5, 5.41) is 0. The lowest BCUT2D eigenvalue weighted by Gasteiger charge is -2.12. The molecule has 2 heterocycles. The van der Waals surface area contributed by atoms with E-state index in [1.54, 1.807) is 33.6 Å². The molecule has 2 saturated heterocycles. The molecule has 0 unspecified atom stereocenters. The van der Waals surface area contributed by atoms with Gasteiger partial charge in [0.05, 0.1) is 0 Å². The van der Waals surface area contributed by atoms with Crippen LogP contribution in [-0.2, 0) is 32.1 Å². The van der Waals surface area contributed by atoms with Crippen molar-refractivity contribution in [3.8, 4) is 0 Å². The fourth-order valence-corrected chi connectivity index (χ4v) is 4.76. The number of hydrogen-bond acceptors (Lipinski definition) is 2. The summed E-state index contributed by atoms with van der Waals surface area (Å²) in [7, 11) is 0. The Kier molecular flexibility index (Phi) is 2.34. The Labute approximate surface area is 137 Å². The Bertz CT molecular complexity index is 708. The van der Waals surface area contributed by atoms with Gasteiger partial charge in [-0.1, -0.05) is 24.3 Å². The van der Waals surface area contributed by atoms with Gasteiger partial charge in [-0.3, -0.25) is 0 Å². The maximum Gasteiger partial charge on any atom is 0.0432 e. The summed E-state index contributed by atoms with van der Waals surface area (Å²) in [6.45, 7) is 5.07. The van der Waals surface area contributed by atoms with Crippen LogP contribution in [-0.4, -0.2) is 26.2 Å². The third kappa shape index (κ3) is 1.94. The second-order valence-electron chi connectivity index (χ2n) is 7.68. The van der Waals surface area contributed by atoms with Gasteiger partial charge in [0, 0.05) is 37.6 Å². The lowest BCUT2D eigenvalue weighted by atomic mass is 9.99. The molecule has 0 atom stereocenters. The standard InChI is InChI=1S/C21H22N2/c1-2-17-11-14(10-16(1)20(17)22-5-6-22)9-15-12-18-3-4-19(13-15)21(18)23-7-8-23/h10-13H,1-9H2. The van der Waals surface area contributed by atoms with Gasteiger partial charge in [0.25, 0.3) is 0 Å². The lowest BCUT2D eigenvalue weighted by Crippen LogP contribution is -1.99. The Morgan fingerprint density at radius 2 is 0.913 bits per heavy atom. The Hall–Kier alpha value is -1.96. The highest BCUT2D eigenvalue weighted by Crippen LogP contribution is 2.40. The molecular weight excluding hydrogens is 280 g/mol. The maximum atomic E-state index is 2.53. The van der Waals surface area contributed by atoms with Gasteiger partial charge in [0.2, 0.25) is 0 Å². The molecule has 2 aliphatic carbocycles. The summed E-state index contributed by atoms with van der Waals surface area (Å²) < 4.78 is 0. The van der Waals surface area contributed by atoms with Crippen molar-refractivity contribution in [1.29, 1.82) is 0 Å². The van der Waals surface area contributed by atoms with Crippen LogP contribution in [0.3, 0.4) is 0 Å². The molecule has 0 aromatic heterocycles. The van der Waals surface area contributed by atoms with Gasteiger partial charge in [0.15, 0.2) is 0 Å². The third-order valence-electron chi connectivity index (χ3n) is 5.92. The first-order valence-corrected chi connectivity index (χ1v) is 9.14. The first kappa shape index (κ1) is 12.5. The van der Waals surface area contributed by atoms with Crippen molar-refractivity contribution < 1.29 is 0 Å². The molecule has 6 rings (SSSR count). The Morgan fingerprint density at radius 3 is 1.22 bits per heavy atom. The van der Waals surface area contributed by atoms with E-state index in [0.717, 1.165) is 6.42 Å². The summed E-state index contributed by atoms with van der Waals surface area (Å²) in [5.41, 5.74) is 12.6. The van der Waals surface area contributed by atoms with Crippen LogP contribution in [0.1, 0.15) is 33.4 Å². The maximum absolute atomic E-state index is 2.53. The van der Waals surface area contributed by atoms with Gasteiger partial charge in [-0.15, -0.1) is 0 Å². The van der Waals surface area contributed by atoms with Crippen LogP contribution in [0, 0.1) is 0 Å². The van der Waals surface area contributed by atoms with Crippen molar-refractivity contribution in [3.05, 3.63) is 57.6 Å². The monoisotopic (exact) mass is 302 g/mol. The summed E-state index contributed by atoms with van der Waals surface area (Å²) >= 11 is 0. The minimum absolute atomic E-state index is 1.11. The minimum Gasteiger partial charge on any atom is -0.368 e. The smallest absolute Gasteiger partial charge is 0.0432 e. The Balaban J connectivity index is 1.34. The minimum atomic E-state index is 1.11. The molecule has 116 valence electrons. The highest BCUT2D eigenvalue weighted by molar-refractivity contribution is 5.69. The predicted molar refractivity (Wildman–Crippen MR) is 94.9 cm³/mol. The summed E-state index contributed by atoms with van der Waals surface area (Å²) in [6, 6.07) is 9.94. The predicted octanol–water partition coefficient (Wildman–Crippen LogP) is 3.11. The van der Waals surface area contributed by atoms with E-state index in [0.29, 0.717) is 0 Å². The van der Waals surface area contributed by atoms with Crippen LogP contribution in [0.2, 0.25) is 0 Å². The van der Waals surface area contributed by atoms with Crippen LogP contribution < -0.4 is 9.80 Å². The van der Waals surface area contributed by atoms with Crippen LogP contribution in [0.15, 0.2) is 24.3 Å². The third-order valence-corrected chi connectivity index (χ3v) is 5.92. The molecule has 0 N–H and O–H groups in total.